The molecular weight excluding hydrogens is 224 g/mol. The van der Waals surface area contributed by atoms with E-state index in [0.717, 1.165) is 16.8 Å². The zero-order valence-electron chi connectivity index (χ0n) is 9.46. The number of nitrogens with two attached hydrogens (primary N) is 1. The van der Waals surface area contributed by atoms with Crippen molar-refractivity contribution in [2.45, 2.75) is 25.6 Å². The lowest BCUT2D eigenvalue weighted by molar-refractivity contribution is -0.117. The van der Waals surface area contributed by atoms with E-state index in [0.29, 0.717) is 18.7 Å². The molecule has 86 valence electrons. The number of amides is 1. The molecule has 2 rings (SSSR count). The molecule has 1 aromatic rings. The van der Waals surface area contributed by atoms with E-state index < -0.39 is 0 Å². The van der Waals surface area contributed by atoms with Crippen molar-refractivity contribution in [2.24, 2.45) is 0 Å². The van der Waals surface area contributed by atoms with Gasteiger partial charge in [-0.1, -0.05) is 0 Å². The van der Waals surface area contributed by atoms with Crippen LogP contribution >= 0.6 is 11.6 Å². The number of benzene rings is 1. The van der Waals surface area contributed by atoms with E-state index in [2.05, 4.69) is 0 Å². The first kappa shape index (κ1) is 11.3. The molecule has 16 heavy (non-hydrogen) atoms. The summed E-state index contributed by atoms with van der Waals surface area (Å²) in [6, 6.07) is 3.86. The molecule has 1 aliphatic rings. The van der Waals surface area contributed by atoms with Crippen LogP contribution in [0.15, 0.2) is 12.1 Å². The minimum absolute atomic E-state index is 0.0509. The van der Waals surface area contributed by atoms with Crippen LogP contribution in [0.5, 0.6) is 0 Å². The van der Waals surface area contributed by atoms with Crippen molar-refractivity contribution in [3.63, 3.8) is 0 Å². The standard InChI is InChI=1S/C12H15ClN2O/c1-7-3-10(14)11(4-8(7)2)15-6-9(13)5-12(15)16/h3-4,9H,5-6,14H2,1-2H3. The van der Waals surface area contributed by atoms with Crippen molar-refractivity contribution in [2.75, 3.05) is 17.2 Å². The fraction of sp³-hybridized carbons (Fsp3) is 0.417. The summed E-state index contributed by atoms with van der Waals surface area (Å²) in [4.78, 5) is 13.4. The second-order valence-electron chi connectivity index (χ2n) is 4.30. The molecule has 0 bridgehead atoms. The van der Waals surface area contributed by atoms with Crippen molar-refractivity contribution >= 4 is 28.9 Å². The third-order valence-electron chi connectivity index (χ3n) is 3.01. The van der Waals surface area contributed by atoms with Crippen LogP contribution in [0.2, 0.25) is 0 Å². The monoisotopic (exact) mass is 238 g/mol. The lowest BCUT2D eigenvalue weighted by Gasteiger charge is -2.19. The highest BCUT2D eigenvalue weighted by molar-refractivity contribution is 6.24. The number of rotatable bonds is 1. The van der Waals surface area contributed by atoms with E-state index in [1.54, 1.807) is 4.90 Å². The molecule has 3 nitrogen and oxygen atoms in total. The highest BCUT2D eigenvalue weighted by atomic mass is 35.5. The lowest BCUT2D eigenvalue weighted by Crippen LogP contribution is -2.25. The fourth-order valence-electron chi connectivity index (χ4n) is 1.95. The van der Waals surface area contributed by atoms with Crippen molar-refractivity contribution in [3.8, 4) is 0 Å². The van der Waals surface area contributed by atoms with Gasteiger partial charge in [0.15, 0.2) is 0 Å². The van der Waals surface area contributed by atoms with Gasteiger partial charge in [-0.2, -0.15) is 0 Å². The summed E-state index contributed by atoms with van der Waals surface area (Å²) in [5, 5.41) is -0.103. The van der Waals surface area contributed by atoms with E-state index >= 15 is 0 Å². The SMILES string of the molecule is Cc1cc(N)c(N2CC(Cl)CC2=O)cc1C. The maximum Gasteiger partial charge on any atom is 0.228 e. The Kier molecular flexibility index (Phi) is 2.80. The second-order valence-corrected chi connectivity index (χ2v) is 4.92. The number of carbonyl (C=O) groups excluding carboxylic acids is 1. The molecule has 2 N–H and O–H groups in total. The number of anilines is 2. The Morgan fingerprint density at radius 3 is 2.56 bits per heavy atom. The van der Waals surface area contributed by atoms with E-state index in [-0.39, 0.29) is 11.3 Å². The molecule has 1 amide bonds. The van der Waals surface area contributed by atoms with Crippen LogP contribution in [0.3, 0.4) is 0 Å². The Balaban J connectivity index is 2.41. The van der Waals surface area contributed by atoms with E-state index in [1.165, 1.54) is 0 Å². The summed E-state index contributed by atoms with van der Waals surface area (Å²) < 4.78 is 0. The molecule has 0 saturated carbocycles. The molecular formula is C12H15ClN2O. The molecule has 1 heterocycles. The highest BCUT2D eigenvalue weighted by Gasteiger charge is 2.30. The zero-order valence-corrected chi connectivity index (χ0v) is 10.2. The summed E-state index contributed by atoms with van der Waals surface area (Å²) in [6.07, 6.45) is 0.397. The second kappa shape index (κ2) is 3.98. The Morgan fingerprint density at radius 1 is 1.38 bits per heavy atom. The summed E-state index contributed by atoms with van der Waals surface area (Å²) in [5.41, 5.74) is 9.64. The van der Waals surface area contributed by atoms with Gasteiger partial charge in [-0.3, -0.25) is 4.79 Å². The molecule has 4 heteroatoms. The number of hydrogen-bond acceptors (Lipinski definition) is 2. The van der Waals surface area contributed by atoms with Crippen LogP contribution in [0.4, 0.5) is 11.4 Å². The predicted octanol–water partition coefficient (Wildman–Crippen LogP) is 2.23. The fourth-order valence-corrected chi connectivity index (χ4v) is 2.22. The van der Waals surface area contributed by atoms with Gasteiger partial charge in [0.25, 0.3) is 0 Å². The van der Waals surface area contributed by atoms with E-state index in [4.69, 9.17) is 17.3 Å². The number of nitrogens with zero attached hydrogens (tertiary/aromatic N) is 1. The molecule has 0 spiro atoms. The Bertz CT molecular complexity index is 445. The quantitative estimate of drug-likeness (QED) is 0.603. The van der Waals surface area contributed by atoms with Crippen LogP contribution in [-0.2, 0) is 4.79 Å². The van der Waals surface area contributed by atoms with Gasteiger partial charge in [-0.05, 0) is 37.1 Å². The van der Waals surface area contributed by atoms with Crippen LogP contribution < -0.4 is 10.6 Å². The molecule has 1 atom stereocenters. The van der Waals surface area contributed by atoms with Gasteiger partial charge in [0.2, 0.25) is 5.91 Å². The zero-order chi connectivity index (χ0) is 11.9. The van der Waals surface area contributed by atoms with Crippen molar-refractivity contribution < 1.29 is 4.79 Å². The molecule has 0 radical (unpaired) electrons. The minimum atomic E-state index is -0.103. The van der Waals surface area contributed by atoms with E-state index in [1.807, 2.05) is 26.0 Å². The molecule has 1 fully saturated rings. The highest BCUT2D eigenvalue weighted by Crippen LogP contribution is 2.31. The summed E-state index contributed by atoms with van der Waals surface area (Å²) in [6.45, 7) is 4.57. The van der Waals surface area contributed by atoms with Gasteiger partial charge in [0, 0.05) is 13.0 Å². The maximum absolute atomic E-state index is 11.7. The number of hydrogen-bond donors (Lipinski definition) is 1. The maximum atomic E-state index is 11.7. The lowest BCUT2D eigenvalue weighted by atomic mass is 10.1. The Labute approximate surface area is 100 Å². The molecule has 1 aliphatic heterocycles. The van der Waals surface area contributed by atoms with Gasteiger partial charge in [0.05, 0.1) is 16.8 Å². The summed E-state index contributed by atoms with van der Waals surface area (Å²) in [5.74, 6) is 0.0509. The third-order valence-corrected chi connectivity index (χ3v) is 3.30. The van der Waals surface area contributed by atoms with E-state index in [9.17, 15) is 4.79 Å². The van der Waals surface area contributed by atoms with Gasteiger partial charge in [0.1, 0.15) is 0 Å². The van der Waals surface area contributed by atoms with Crippen LogP contribution in [0.25, 0.3) is 0 Å². The van der Waals surface area contributed by atoms with Crippen LogP contribution in [0.1, 0.15) is 17.5 Å². The molecule has 1 saturated heterocycles. The first-order valence-corrected chi connectivity index (χ1v) is 5.74. The number of halogens is 1. The van der Waals surface area contributed by atoms with Crippen LogP contribution in [-0.4, -0.2) is 17.8 Å². The first-order chi connectivity index (χ1) is 7.49. The number of nitrogen functional groups attached to an aromatic ring is 1. The third kappa shape index (κ3) is 1.87. The summed E-state index contributed by atoms with van der Waals surface area (Å²) >= 11 is 5.97. The Morgan fingerprint density at radius 2 is 2.00 bits per heavy atom. The van der Waals surface area contributed by atoms with Crippen molar-refractivity contribution in [3.05, 3.63) is 23.3 Å². The normalized spacial score (nSPS) is 20.6. The average molecular weight is 239 g/mol. The van der Waals surface area contributed by atoms with Gasteiger partial charge in [-0.15, -0.1) is 11.6 Å². The van der Waals surface area contributed by atoms with Gasteiger partial charge in [-0.25, -0.2) is 0 Å². The molecule has 1 aromatic carbocycles. The largest absolute Gasteiger partial charge is 0.397 e. The molecule has 0 aromatic heterocycles. The summed E-state index contributed by atoms with van der Waals surface area (Å²) in [7, 11) is 0. The predicted molar refractivity (Wildman–Crippen MR) is 66.9 cm³/mol. The van der Waals surface area contributed by atoms with Crippen molar-refractivity contribution in [1.82, 2.24) is 0 Å². The van der Waals surface area contributed by atoms with Crippen molar-refractivity contribution in [1.29, 1.82) is 0 Å². The topological polar surface area (TPSA) is 46.3 Å². The van der Waals surface area contributed by atoms with Gasteiger partial charge < -0.3 is 10.6 Å². The molecule has 0 aliphatic carbocycles. The molecule has 1 unspecified atom stereocenters. The van der Waals surface area contributed by atoms with Gasteiger partial charge >= 0.3 is 0 Å². The number of carbonyl (C=O) groups is 1. The average Bonchev–Trinajstić information content (AvgIpc) is 2.51. The van der Waals surface area contributed by atoms with Crippen LogP contribution in [0, 0.1) is 13.8 Å². The smallest absolute Gasteiger partial charge is 0.228 e. The Hall–Kier alpha value is -1.22. The number of alkyl halides is 1. The minimum Gasteiger partial charge on any atom is -0.397 e. The number of aryl methyl sites for hydroxylation is 2. The first-order valence-electron chi connectivity index (χ1n) is 5.30.